The number of carbonyl (C=O) groups is 1. The summed E-state index contributed by atoms with van der Waals surface area (Å²) in [7, 11) is 1.75. The molecule has 4 heteroatoms. The molecule has 20 heavy (non-hydrogen) atoms. The smallest absolute Gasteiger partial charge is 0.259 e. The summed E-state index contributed by atoms with van der Waals surface area (Å²) in [5, 5.41) is 5.90. The van der Waals surface area contributed by atoms with Gasteiger partial charge in [0.1, 0.15) is 5.82 Å². The number of rotatable bonds is 5. The van der Waals surface area contributed by atoms with Gasteiger partial charge in [0.25, 0.3) is 5.91 Å². The van der Waals surface area contributed by atoms with Crippen molar-refractivity contribution in [3.63, 3.8) is 0 Å². The summed E-state index contributed by atoms with van der Waals surface area (Å²) < 4.78 is 0. The molecule has 2 rings (SSSR count). The van der Waals surface area contributed by atoms with Gasteiger partial charge in [-0.3, -0.25) is 4.79 Å². The number of pyridine rings is 1. The lowest BCUT2D eigenvalue weighted by molar-refractivity contribution is 0.102. The van der Waals surface area contributed by atoms with Gasteiger partial charge in [0.05, 0.1) is 5.56 Å². The minimum atomic E-state index is -0.147. The van der Waals surface area contributed by atoms with E-state index in [0.717, 1.165) is 24.1 Å². The average Bonchev–Trinajstić information content (AvgIpc) is 2.49. The molecule has 0 saturated heterocycles. The van der Waals surface area contributed by atoms with Crippen molar-refractivity contribution >= 4 is 17.4 Å². The van der Waals surface area contributed by atoms with Crippen LogP contribution in [0.4, 0.5) is 11.5 Å². The van der Waals surface area contributed by atoms with Crippen LogP contribution in [-0.2, 0) is 6.42 Å². The maximum absolute atomic E-state index is 12.4. The molecule has 0 radical (unpaired) electrons. The predicted molar refractivity (Wildman–Crippen MR) is 82.2 cm³/mol. The lowest BCUT2D eigenvalue weighted by Crippen LogP contribution is -2.15. The number of carbonyl (C=O) groups excluding carboxylic acids is 1. The highest BCUT2D eigenvalue weighted by atomic mass is 16.1. The van der Waals surface area contributed by atoms with Crippen molar-refractivity contribution < 1.29 is 4.79 Å². The van der Waals surface area contributed by atoms with Gasteiger partial charge in [-0.2, -0.15) is 0 Å². The number of para-hydroxylation sites is 1. The molecule has 0 aliphatic carbocycles. The van der Waals surface area contributed by atoms with Crippen LogP contribution in [0.15, 0.2) is 42.6 Å². The highest BCUT2D eigenvalue weighted by Gasteiger charge is 2.12. The van der Waals surface area contributed by atoms with E-state index in [1.54, 1.807) is 25.4 Å². The molecule has 1 aromatic carbocycles. The van der Waals surface area contributed by atoms with Crippen LogP contribution in [-0.4, -0.2) is 17.9 Å². The van der Waals surface area contributed by atoms with Crippen LogP contribution in [0.5, 0.6) is 0 Å². The van der Waals surface area contributed by atoms with Crippen molar-refractivity contribution in [1.29, 1.82) is 0 Å². The summed E-state index contributed by atoms with van der Waals surface area (Å²) in [5.41, 5.74) is 2.56. The molecule has 104 valence electrons. The number of benzene rings is 1. The first-order chi connectivity index (χ1) is 9.76. The highest BCUT2D eigenvalue weighted by molar-refractivity contribution is 6.07. The molecule has 1 heterocycles. The first-order valence-corrected chi connectivity index (χ1v) is 6.78. The van der Waals surface area contributed by atoms with E-state index in [1.165, 1.54) is 0 Å². The van der Waals surface area contributed by atoms with E-state index in [0.29, 0.717) is 11.4 Å². The summed E-state index contributed by atoms with van der Waals surface area (Å²) in [6.07, 6.45) is 3.65. The Kier molecular flexibility index (Phi) is 4.71. The van der Waals surface area contributed by atoms with E-state index in [-0.39, 0.29) is 5.91 Å². The van der Waals surface area contributed by atoms with E-state index in [2.05, 4.69) is 22.5 Å². The number of aromatic nitrogens is 1. The van der Waals surface area contributed by atoms with Crippen molar-refractivity contribution in [2.75, 3.05) is 17.7 Å². The van der Waals surface area contributed by atoms with Crippen LogP contribution in [0.3, 0.4) is 0 Å². The fraction of sp³-hybridized carbons (Fsp3) is 0.250. The number of nitrogens with one attached hydrogen (secondary N) is 2. The van der Waals surface area contributed by atoms with Gasteiger partial charge in [-0.1, -0.05) is 31.5 Å². The summed E-state index contributed by atoms with van der Waals surface area (Å²) in [6, 6.07) is 11.4. The third-order valence-corrected chi connectivity index (χ3v) is 3.07. The van der Waals surface area contributed by atoms with Crippen molar-refractivity contribution in [3.05, 3.63) is 53.7 Å². The Bertz CT molecular complexity index is 596. The topological polar surface area (TPSA) is 54.0 Å². The molecule has 0 fully saturated rings. The second-order valence-electron chi connectivity index (χ2n) is 4.51. The van der Waals surface area contributed by atoms with E-state index in [9.17, 15) is 4.79 Å². The Hall–Kier alpha value is -2.36. The van der Waals surface area contributed by atoms with Crippen molar-refractivity contribution in [1.82, 2.24) is 4.98 Å². The minimum absolute atomic E-state index is 0.147. The number of nitrogens with zero attached hydrogens (tertiary/aromatic N) is 1. The minimum Gasteiger partial charge on any atom is -0.372 e. The SMILES string of the molecule is CCCc1ccccc1NC(=O)c1cccnc1NC. The normalized spacial score (nSPS) is 10.1. The van der Waals surface area contributed by atoms with Gasteiger partial charge in [0, 0.05) is 18.9 Å². The van der Waals surface area contributed by atoms with Gasteiger partial charge in [0.2, 0.25) is 0 Å². The fourth-order valence-corrected chi connectivity index (χ4v) is 2.11. The van der Waals surface area contributed by atoms with E-state index >= 15 is 0 Å². The van der Waals surface area contributed by atoms with Crippen LogP contribution >= 0.6 is 0 Å². The average molecular weight is 269 g/mol. The van der Waals surface area contributed by atoms with E-state index in [4.69, 9.17) is 0 Å². The van der Waals surface area contributed by atoms with Gasteiger partial charge in [0.15, 0.2) is 0 Å². The maximum atomic E-state index is 12.4. The van der Waals surface area contributed by atoms with Gasteiger partial charge in [-0.15, -0.1) is 0 Å². The molecule has 0 aliphatic heterocycles. The van der Waals surface area contributed by atoms with Gasteiger partial charge in [-0.25, -0.2) is 4.98 Å². The first-order valence-electron chi connectivity index (χ1n) is 6.78. The molecule has 0 spiro atoms. The van der Waals surface area contributed by atoms with E-state index in [1.807, 2.05) is 24.3 Å². The lowest BCUT2D eigenvalue weighted by atomic mass is 10.1. The van der Waals surface area contributed by atoms with Gasteiger partial charge in [-0.05, 0) is 30.2 Å². The molecule has 2 aromatic rings. The summed E-state index contributed by atoms with van der Waals surface area (Å²) >= 11 is 0. The van der Waals surface area contributed by atoms with Crippen LogP contribution in [0.2, 0.25) is 0 Å². The molecule has 2 N–H and O–H groups in total. The number of hydrogen-bond acceptors (Lipinski definition) is 3. The van der Waals surface area contributed by atoms with Crippen LogP contribution in [0, 0.1) is 0 Å². The van der Waals surface area contributed by atoms with Gasteiger partial charge >= 0.3 is 0 Å². The second-order valence-corrected chi connectivity index (χ2v) is 4.51. The largest absolute Gasteiger partial charge is 0.372 e. The van der Waals surface area contributed by atoms with Crippen molar-refractivity contribution in [2.45, 2.75) is 19.8 Å². The molecule has 0 saturated carbocycles. The summed E-state index contributed by atoms with van der Waals surface area (Å²) in [5.74, 6) is 0.434. The van der Waals surface area contributed by atoms with E-state index < -0.39 is 0 Å². The van der Waals surface area contributed by atoms with Crippen LogP contribution in [0.1, 0.15) is 29.3 Å². The molecular formula is C16H19N3O. The highest BCUT2D eigenvalue weighted by Crippen LogP contribution is 2.19. The third kappa shape index (κ3) is 3.15. The quantitative estimate of drug-likeness (QED) is 0.875. The number of amides is 1. The Morgan fingerprint density at radius 3 is 2.75 bits per heavy atom. The van der Waals surface area contributed by atoms with Gasteiger partial charge < -0.3 is 10.6 Å². The lowest BCUT2D eigenvalue weighted by Gasteiger charge is -2.12. The summed E-state index contributed by atoms with van der Waals surface area (Å²) in [6.45, 7) is 2.12. The van der Waals surface area contributed by atoms with Crippen molar-refractivity contribution in [2.24, 2.45) is 0 Å². The molecule has 4 nitrogen and oxygen atoms in total. The Morgan fingerprint density at radius 2 is 2.00 bits per heavy atom. The second kappa shape index (κ2) is 6.70. The standard InChI is InChI=1S/C16H19N3O/c1-3-7-12-8-4-5-10-14(12)19-16(20)13-9-6-11-18-15(13)17-2/h4-6,8-11H,3,7H2,1-2H3,(H,17,18)(H,19,20). The maximum Gasteiger partial charge on any atom is 0.259 e. The molecular weight excluding hydrogens is 250 g/mol. The zero-order valence-corrected chi connectivity index (χ0v) is 11.8. The Balaban J connectivity index is 2.24. The first kappa shape index (κ1) is 14.1. The number of hydrogen-bond donors (Lipinski definition) is 2. The molecule has 0 bridgehead atoms. The van der Waals surface area contributed by atoms with Crippen LogP contribution in [0.25, 0.3) is 0 Å². The summed E-state index contributed by atoms with van der Waals surface area (Å²) in [4.78, 5) is 16.5. The predicted octanol–water partition coefficient (Wildman–Crippen LogP) is 3.33. The molecule has 0 atom stereocenters. The Morgan fingerprint density at radius 1 is 1.20 bits per heavy atom. The molecule has 0 unspecified atom stereocenters. The fourth-order valence-electron chi connectivity index (χ4n) is 2.11. The molecule has 1 amide bonds. The zero-order chi connectivity index (χ0) is 14.4. The third-order valence-electron chi connectivity index (χ3n) is 3.07. The molecule has 1 aromatic heterocycles. The number of anilines is 2. The Labute approximate surface area is 119 Å². The zero-order valence-electron chi connectivity index (χ0n) is 11.8. The molecule has 0 aliphatic rings. The van der Waals surface area contributed by atoms with Crippen molar-refractivity contribution in [3.8, 4) is 0 Å². The van der Waals surface area contributed by atoms with Crippen LogP contribution < -0.4 is 10.6 Å². The number of aryl methyl sites for hydroxylation is 1. The monoisotopic (exact) mass is 269 g/mol.